The first-order chi connectivity index (χ1) is 11.9. The number of aromatic nitrogens is 1. The first-order valence-electron chi connectivity index (χ1n) is 9.31. The quantitative estimate of drug-likeness (QED) is 0.311. The normalized spacial score (nSPS) is 11.1. The molecule has 0 amide bonds. The van der Waals surface area contributed by atoms with Gasteiger partial charge >= 0.3 is 0 Å². The Kier molecular flexibility index (Phi) is 5.96. The molecule has 1 heterocycles. The number of benzene rings is 2. The largest absolute Gasteiger partial charge is 0.340 e. The van der Waals surface area contributed by atoms with E-state index in [1.807, 2.05) is 0 Å². The summed E-state index contributed by atoms with van der Waals surface area (Å²) in [6, 6.07) is 17.6. The number of para-hydroxylation sites is 2. The van der Waals surface area contributed by atoms with E-state index in [0.717, 1.165) is 13.0 Å². The van der Waals surface area contributed by atoms with Gasteiger partial charge in [0.05, 0.1) is 0 Å². The zero-order chi connectivity index (χ0) is 16.6. The van der Waals surface area contributed by atoms with Crippen molar-refractivity contribution >= 4 is 21.8 Å². The Bertz CT molecular complexity index is 766. The molecule has 0 saturated carbocycles. The second-order valence-electron chi connectivity index (χ2n) is 6.61. The summed E-state index contributed by atoms with van der Waals surface area (Å²) < 4.78 is 2.50. The second kappa shape index (κ2) is 8.60. The van der Waals surface area contributed by atoms with Gasteiger partial charge in [-0.25, -0.2) is 0 Å². The number of rotatable bonds is 9. The van der Waals surface area contributed by atoms with E-state index >= 15 is 0 Å². The van der Waals surface area contributed by atoms with E-state index in [0.29, 0.717) is 0 Å². The van der Waals surface area contributed by atoms with E-state index < -0.39 is 0 Å². The Hall–Kier alpha value is -2.20. The van der Waals surface area contributed by atoms with E-state index in [-0.39, 0.29) is 0 Å². The Morgan fingerprint density at radius 3 is 1.75 bits per heavy atom. The number of fused-ring (bicyclic) bond motifs is 3. The molecular weight excluding hydrogens is 290 g/mol. The Labute approximate surface area is 145 Å². The average molecular weight is 317 g/mol. The van der Waals surface area contributed by atoms with Crippen molar-refractivity contribution in [1.82, 2.24) is 4.57 Å². The van der Waals surface area contributed by atoms with Gasteiger partial charge in [0.25, 0.3) is 0 Å². The first kappa shape index (κ1) is 16.7. The summed E-state index contributed by atoms with van der Waals surface area (Å²) in [6.45, 7) is 1.12. The summed E-state index contributed by atoms with van der Waals surface area (Å²) in [7, 11) is 0. The fourth-order valence-corrected chi connectivity index (χ4v) is 3.63. The molecule has 1 heteroatoms. The average Bonchev–Trinajstić information content (AvgIpc) is 2.95. The van der Waals surface area contributed by atoms with Crippen molar-refractivity contribution in [2.45, 2.75) is 57.9 Å². The molecule has 24 heavy (non-hydrogen) atoms. The minimum absolute atomic E-state index is 0.938. The van der Waals surface area contributed by atoms with E-state index in [1.165, 1.54) is 66.8 Å². The zero-order valence-corrected chi connectivity index (χ0v) is 14.5. The smallest absolute Gasteiger partial charge is 0.0491 e. The van der Waals surface area contributed by atoms with Crippen molar-refractivity contribution in [2.75, 3.05) is 0 Å². The number of hydrogen-bond donors (Lipinski definition) is 0. The lowest BCUT2D eigenvalue weighted by Gasteiger charge is -2.07. The van der Waals surface area contributed by atoms with Crippen LogP contribution >= 0.6 is 0 Å². The summed E-state index contributed by atoms with van der Waals surface area (Å²) in [6.07, 6.45) is 15.3. The molecule has 124 valence electrons. The standard InChI is InChI=1S/C23H27N/c1-2-3-4-5-6-7-8-9-14-19-24-22-17-12-10-15-20(22)21-16-11-13-18-23(21)24/h1,10-13,15-18H,3-9,14,19H2. The molecule has 0 radical (unpaired) electrons. The topological polar surface area (TPSA) is 4.93 Å². The van der Waals surface area contributed by atoms with Crippen LogP contribution in [0.4, 0.5) is 0 Å². The Balaban J connectivity index is 1.55. The molecule has 0 aliphatic heterocycles. The highest BCUT2D eigenvalue weighted by atomic mass is 15.0. The van der Waals surface area contributed by atoms with Gasteiger partial charge in [0.15, 0.2) is 0 Å². The van der Waals surface area contributed by atoms with Crippen molar-refractivity contribution in [3.8, 4) is 12.3 Å². The molecule has 1 aromatic heterocycles. The molecular formula is C23H27N. The number of unbranched alkanes of at least 4 members (excludes halogenated alkanes) is 7. The predicted octanol–water partition coefficient (Wildman–Crippen LogP) is 6.55. The molecule has 0 unspecified atom stereocenters. The SMILES string of the molecule is C#CCCCCCCCCCn1c2ccccc2c2ccccc21. The van der Waals surface area contributed by atoms with Gasteiger partial charge in [-0.15, -0.1) is 12.3 Å². The molecule has 0 bridgehead atoms. The second-order valence-corrected chi connectivity index (χ2v) is 6.61. The molecule has 0 N–H and O–H groups in total. The van der Waals surface area contributed by atoms with Crippen LogP contribution in [0.15, 0.2) is 48.5 Å². The lowest BCUT2D eigenvalue weighted by molar-refractivity contribution is 0.557. The molecule has 0 fully saturated rings. The van der Waals surface area contributed by atoms with Crippen LogP contribution in [0.5, 0.6) is 0 Å². The number of nitrogens with zero attached hydrogens (tertiary/aromatic N) is 1. The minimum Gasteiger partial charge on any atom is -0.340 e. The van der Waals surface area contributed by atoms with Crippen LogP contribution in [0, 0.1) is 12.3 Å². The van der Waals surface area contributed by atoms with Crippen LogP contribution in [0.25, 0.3) is 21.8 Å². The van der Waals surface area contributed by atoms with Crippen LogP contribution in [0.3, 0.4) is 0 Å². The monoisotopic (exact) mass is 317 g/mol. The van der Waals surface area contributed by atoms with E-state index in [2.05, 4.69) is 59.0 Å². The van der Waals surface area contributed by atoms with Crippen molar-refractivity contribution in [2.24, 2.45) is 0 Å². The van der Waals surface area contributed by atoms with Crippen LogP contribution in [0.1, 0.15) is 51.4 Å². The summed E-state index contributed by atoms with van der Waals surface area (Å²) in [4.78, 5) is 0. The third-order valence-electron chi connectivity index (χ3n) is 4.88. The molecule has 2 aromatic carbocycles. The summed E-state index contributed by atoms with van der Waals surface area (Å²) >= 11 is 0. The lowest BCUT2D eigenvalue weighted by Crippen LogP contribution is -1.97. The summed E-state index contributed by atoms with van der Waals surface area (Å²) in [5.41, 5.74) is 2.74. The van der Waals surface area contributed by atoms with Gasteiger partial charge in [-0.3, -0.25) is 0 Å². The molecule has 3 rings (SSSR count). The Morgan fingerprint density at radius 2 is 1.17 bits per heavy atom. The molecule has 0 aliphatic rings. The fraction of sp³-hybridized carbons (Fsp3) is 0.391. The predicted molar refractivity (Wildman–Crippen MR) is 105 cm³/mol. The third kappa shape index (κ3) is 3.82. The highest BCUT2D eigenvalue weighted by molar-refractivity contribution is 6.07. The van der Waals surface area contributed by atoms with Crippen LogP contribution < -0.4 is 0 Å². The van der Waals surface area contributed by atoms with Gasteiger partial charge in [-0.05, 0) is 25.0 Å². The van der Waals surface area contributed by atoms with Gasteiger partial charge in [-0.1, -0.05) is 68.5 Å². The molecule has 0 spiro atoms. The Morgan fingerprint density at radius 1 is 0.667 bits per heavy atom. The van der Waals surface area contributed by atoms with E-state index in [4.69, 9.17) is 6.42 Å². The maximum absolute atomic E-state index is 5.28. The first-order valence-corrected chi connectivity index (χ1v) is 9.31. The lowest BCUT2D eigenvalue weighted by atomic mass is 10.1. The summed E-state index contributed by atoms with van der Waals surface area (Å²) in [5, 5.41) is 2.75. The fourth-order valence-electron chi connectivity index (χ4n) is 3.63. The van der Waals surface area contributed by atoms with Crippen LogP contribution in [-0.4, -0.2) is 4.57 Å². The van der Waals surface area contributed by atoms with Crippen molar-refractivity contribution < 1.29 is 0 Å². The maximum atomic E-state index is 5.28. The van der Waals surface area contributed by atoms with Gasteiger partial charge in [0, 0.05) is 34.8 Å². The van der Waals surface area contributed by atoms with E-state index in [1.54, 1.807) is 0 Å². The molecule has 1 nitrogen and oxygen atoms in total. The van der Waals surface area contributed by atoms with Crippen LogP contribution in [-0.2, 0) is 6.54 Å². The highest BCUT2D eigenvalue weighted by Gasteiger charge is 2.08. The van der Waals surface area contributed by atoms with Gasteiger partial charge < -0.3 is 4.57 Å². The zero-order valence-electron chi connectivity index (χ0n) is 14.5. The number of hydrogen-bond acceptors (Lipinski definition) is 0. The van der Waals surface area contributed by atoms with Crippen LogP contribution in [0.2, 0.25) is 0 Å². The molecule has 0 saturated heterocycles. The number of terminal acetylenes is 1. The van der Waals surface area contributed by atoms with Crippen molar-refractivity contribution in [1.29, 1.82) is 0 Å². The van der Waals surface area contributed by atoms with E-state index in [9.17, 15) is 0 Å². The third-order valence-corrected chi connectivity index (χ3v) is 4.88. The van der Waals surface area contributed by atoms with Gasteiger partial charge in [0.1, 0.15) is 0 Å². The molecule has 0 aliphatic carbocycles. The summed E-state index contributed by atoms with van der Waals surface area (Å²) in [5.74, 6) is 2.72. The molecule has 0 atom stereocenters. The minimum atomic E-state index is 0.938. The maximum Gasteiger partial charge on any atom is 0.0491 e. The number of aryl methyl sites for hydroxylation is 1. The van der Waals surface area contributed by atoms with Crippen molar-refractivity contribution in [3.63, 3.8) is 0 Å². The van der Waals surface area contributed by atoms with Gasteiger partial charge in [-0.2, -0.15) is 0 Å². The van der Waals surface area contributed by atoms with Crippen molar-refractivity contribution in [3.05, 3.63) is 48.5 Å². The highest BCUT2D eigenvalue weighted by Crippen LogP contribution is 2.29. The molecule has 3 aromatic rings. The van der Waals surface area contributed by atoms with Gasteiger partial charge in [0.2, 0.25) is 0 Å².